The molecule has 0 aromatic heterocycles. The van der Waals surface area contributed by atoms with Gasteiger partial charge in [0.15, 0.2) is 5.78 Å². The lowest BCUT2D eigenvalue weighted by Crippen LogP contribution is -2.41. The lowest BCUT2D eigenvalue weighted by Gasteiger charge is -2.33. The van der Waals surface area contributed by atoms with E-state index in [9.17, 15) is 19.5 Å². The molecule has 1 fully saturated rings. The number of ether oxygens (including phenoxy) is 1. The van der Waals surface area contributed by atoms with E-state index in [1.54, 1.807) is 6.92 Å². The third-order valence-electron chi connectivity index (χ3n) is 6.85. The molecule has 204 valence electrons. The number of carbonyl (C=O) groups excluding carboxylic acids is 1. The molecule has 1 aliphatic heterocycles. The van der Waals surface area contributed by atoms with Gasteiger partial charge in [-0.2, -0.15) is 0 Å². The smallest absolute Gasteiger partial charge is 0.335 e. The van der Waals surface area contributed by atoms with E-state index in [0.29, 0.717) is 19.6 Å². The first-order valence-electron chi connectivity index (χ1n) is 13.3. The number of hydrogen-bond acceptors (Lipinski definition) is 6. The number of carboxylic acids is 2. The number of carbonyl (C=O) groups is 3. The molecule has 0 spiro atoms. The molecule has 37 heavy (non-hydrogen) atoms. The van der Waals surface area contributed by atoms with Gasteiger partial charge in [0.25, 0.3) is 0 Å². The molecule has 8 heteroatoms. The molecule has 2 unspecified atom stereocenters. The van der Waals surface area contributed by atoms with E-state index in [1.807, 2.05) is 31.2 Å². The molecule has 1 aliphatic carbocycles. The molecule has 0 radical (unpaired) electrons. The molecule has 4 N–H and O–H groups in total. The van der Waals surface area contributed by atoms with Gasteiger partial charge in [-0.15, -0.1) is 0 Å². The van der Waals surface area contributed by atoms with Crippen LogP contribution in [0.5, 0.6) is 0 Å². The zero-order chi connectivity index (χ0) is 27.3. The molecule has 2 aliphatic rings. The van der Waals surface area contributed by atoms with Crippen molar-refractivity contribution in [3.63, 3.8) is 0 Å². The molecule has 3 rings (SSSR count). The summed E-state index contributed by atoms with van der Waals surface area (Å²) >= 11 is 0. The maximum absolute atomic E-state index is 12.2. The predicted octanol–water partition coefficient (Wildman–Crippen LogP) is 4.44. The number of piperidine rings is 1. The van der Waals surface area contributed by atoms with Gasteiger partial charge >= 0.3 is 11.9 Å². The lowest BCUT2D eigenvalue weighted by atomic mass is 9.82. The molecule has 1 saturated heterocycles. The number of nitrogens with two attached hydrogens (primary N) is 1. The van der Waals surface area contributed by atoms with Crippen molar-refractivity contribution >= 4 is 17.7 Å². The first kappa shape index (κ1) is 30.4. The van der Waals surface area contributed by atoms with Gasteiger partial charge in [0, 0.05) is 25.1 Å². The predicted molar refractivity (Wildman–Crippen MR) is 143 cm³/mol. The van der Waals surface area contributed by atoms with Crippen LogP contribution in [-0.2, 0) is 20.9 Å². The third-order valence-corrected chi connectivity index (χ3v) is 6.85. The molecular formula is C29H42N2O6. The van der Waals surface area contributed by atoms with Crippen molar-refractivity contribution in [3.05, 3.63) is 59.2 Å². The molecule has 0 saturated carbocycles. The summed E-state index contributed by atoms with van der Waals surface area (Å²) in [5.41, 5.74) is 6.44. The number of aliphatic carboxylic acids is 2. The number of likely N-dealkylation sites (tertiary alicyclic amines) is 1. The average molecular weight is 515 g/mol. The monoisotopic (exact) mass is 514 g/mol. The minimum atomic E-state index is -1.13. The topological polar surface area (TPSA) is 130 Å². The summed E-state index contributed by atoms with van der Waals surface area (Å²) < 4.78 is 5.61. The van der Waals surface area contributed by atoms with E-state index in [2.05, 4.69) is 4.90 Å². The standard InChI is InChI=1S/C16H24N2O.C13H18O5/c17-13-14-7-2-3-8-15(14)16(19)9-6-12-18-10-4-1-5-11-18;1-3-4-7-18-13(2)6-5-9(11(14)15)8-10(13)12(16)17/h2-3,7-8H,1,4-6,9-13,17H2;5-6,8,10H,3-4,7H2,1-2H3,(H,14,15)(H,16,17). The second-order valence-corrected chi connectivity index (χ2v) is 9.75. The van der Waals surface area contributed by atoms with Gasteiger partial charge < -0.3 is 25.6 Å². The Kier molecular flexibility index (Phi) is 12.7. The molecule has 8 nitrogen and oxygen atoms in total. The van der Waals surface area contributed by atoms with E-state index < -0.39 is 23.5 Å². The summed E-state index contributed by atoms with van der Waals surface area (Å²) in [6, 6.07) is 7.69. The van der Waals surface area contributed by atoms with Gasteiger partial charge in [0.2, 0.25) is 0 Å². The van der Waals surface area contributed by atoms with Crippen molar-refractivity contribution < 1.29 is 29.3 Å². The fraction of sp³-hybridized carbons (Fsp3) is 0.552. The number of ketones is 1. The van der Waals surface area contributed by atoms with Crippen molar-refractivity contribution in [1.29, 1.82) is 0 Å². The maximum atomic E-state index is 12.2. The third kappa shape index (κ3) is 9.54. The number of nitrogens with zero attached hydrogens (tertiary/aromatic N) is 1. The highest BCUT2D eigenvalue weighted by Crippen LogP contribution is 2.31. The molecule has 1 aromatic carbocycles. The molecule has 0 amide bonds. The van der Waals surface area contributed by atoms with Gasteiger partial charge in [0.1, 0.15) is 11.5 Å². The Balaban J connectivity index is 0.000000261. The van der Waals surface area contributed by atoms with Crippen molar-refractivity contribution in [2.75, 3.05) is 26.2 Å². The van der Waals surface area contributed by atoms with Gasteiger partial charge in [-0.3, -0.25) is 9.59 Å². The number of benzene rings is 1. The van der Waals surface area contributed by atoms with Crippen molar-refractivity contribution in [1.82, 2.24) is 4.90 Å². The van der Waals surface area contributed by atoms with Crippen LogP contribution in [0.15, 0.2) is 48.1 Å². The highest BCUT2D eigenvalue weighted by Gasteiger charge is 2.39. The molecule has 1 heterocycles. The lowest BCUT2D eigenvalue weighted by molar-refractivity contribution is -0.148. The van der Waals surface area contributed by atoms with E-state index >= 15 is 0 Å². The van der Waals surface area contributed by atoms with E-state index in [4.69, 9.17) is 15.6 Å². The Morgan fingerprint density at radius 3 is 2.43 bits per heavy atom. The van der Waals surface area contributed by atoms with Crippen LogP contribution in [0.1, 0.15) is 74.7 Å². The Morgan fingerprint density at radius 2 is 1.81 bits per heavy atom. The zero-order valence-electron chi connectivity index (χ0n) is 22.2. The molecule has 2 atom stereocenters. The van der Waals surface area contributed by atoms with Crippen LogP contribution >= 0.6 is 0 Å². The van der Waals surface area contributed by atoms with Gasteiger partial charge in [-0.25, -0.2) is 4.79 Å². The first-order valence-corrected chi connectivity index (χ1v) is 13.3. The Bertz CT molecular complexity index is 967. The molecule has 1 aromatic rings. The van der Waals surface area contributed by atoms with Gasteiger partial charge in [-0.05, 0) is 63.9 Å². The summed E-state index contributed by atoms with van der Waals surface area (Å²) in [7, 11) is 0. The molecule has 0 bridgehead atoms. The number of hydrogen-bond donors (Lipinski definition) is 3. The van der Waals surface area contributed by atoms with Crippen LogP contribution in [-0.4, -0.2) is 64.7 Å². The second-order valence-electron chi connectivity index (χ2n) is 9.75. The number of rotatable bonds is 12. The van der Waals surface area contributed by atoms with Gasteiger partial charge in [0.05, 0.1) is 5.57 Å². The van der Waals surface area contributed by atoms with Gasteiger partial charge in [-0.1, -0.05) is 56.2 Å². The second kappa shape index (κ2) is 15.4. The van der Waals surface area contributed by atoms with Crippen LogP contribution < -0.4 is 5.73 Å². The Morgan fingerprint density at radius 1 is 1.11 bits per heavy atom. The SMILES string of the molecule is CCCCOC1(C)C=CC(C(=O)O)=CC1C(=O)O.NCc1ccccc1C(=O)CCCN1CCCCC1. The van der Waals surface area contributed by atoms with Crippen LogP contribution in [0.3, 0.4) is 0 Å². The number of Topliss-reactive ketones (excluding diaryl/α,β-unsaturated/α-hetero) is 1. The van der Waals surface area contributed by atoms with Crippen molar-refractivity contribution in [2.45, 2.75) is 70.9 Å². The summed E-state index contributed by atoms with van der Waals surface area (Å²) in [5, 5.41) is 18.0. The Labute approximate surface area is 220 Å². The zero-order valence-corrected chi connectivity index (χ0v) is 22.2. The van der Waals surface area contributed by atoms with E-state index in [1.165, 1.54) is 50.6 Å². The summed E-state index contributed by atoms with van der Waals surface area (Å²) in [5.74, 6) is -2.96. The highest BCUT2D eigenvalue weighted by molar-refractivity contribution is 5.97. The fourth-order valence-electron chi connectivity index (χ4n) is 4.54. The number of unbranched alkanes of at least 4 members (excludes halogenated alkanes) is 1. The minimum Gasteiger partial charge on any atom is -0.481 e. The largest absolute Gasteiger partial charge is 0.481 e. The van der Waals surface area contributed by atoms with Crippen molar-refractivity contribution in [3.8, 4) is 0 Å². The van der Waals surface area contributed by atoms with Crippen LogP contribution in [0, 0.1) is 5.92 Å². The first-order chi connectivity index (χ1) is 17.7. The van der Waals surface area contributed by atoms with Crippen LogP contribution in [0.25, 0.3) is 0 Å². The summed E-state index contributed by atoms with van der Waals surface area (Å²) in [6.07, 6.45) is 11.5. The number of carboxylic acid groups (broad SMARTS) is 2. The fourth-order valence-corrected chi connectivity index (χ4v) is 4.54. The summed E-state index contributed by atoms with van der Waals surface area (Å²) in [6.45, 7) is 8.02. The minimum absolute atomic E-state index is 0.0148. The normalized spacial score (nSPS) is 21.5. The van der Waals surface area contributed by atoms with E-state index in [-0.39, 0.29) is 11.4 Å². The highest BCUT2D eigenvalue weighted by atomic mass is 16.5. The maximum Gasteiger partial charge on any atom is 0.335 e. The van der Waals surface area contributed by atoms with Crippen LogP contribution in [0.2, 0.25) is 0 Å². The van der Waals surface area contributed by atoms with Crippen LogP contribution in [0.4, 0.5) is 0 Å². The average Bonchev–Trinajstić information content (AvgIpc) is 2.89. The van der Waals surface area contributed by atoms with E-state index in [0.717, 1.165) is 36.9 Å². The van der Waals surface area contributed by atoms with Crippen molar-refractivity contribution in [2.24, 2.45) is 11.7 Å². The molecular weight excluding hydrogens is 472 g/mol. The summed E-state index contributed by atoms with van der Waals surface area (Å²) in [4.78, 5) is 36.7. The quantitative estimate of drug-likeness (QED) is 0.276. The Hall–Kier alpha value is -2.81.